The third-order valence-electron chi connectivity index (χ3n) is 3.30. The molecule has 1 rings (SSSR count). The van der Waals surface area contributed by atoms with Gasteiger partial charge in [0.25, 0.3) is 0 Å². The molecule has 0 unspecified atom stereocenters. The highest BCUT2D eigenvalue weighted by Gasteiger charge is 2.45. The van der Waals surface area contributed by atoms with E-state index in [2.05, 4.69) is 20.8 Å². The van der Waals surface area contributed by atoms with Crippen molar-refractivity contribution in [2.24, 2.45) is 11.3 Å². The lowest BCUT2D eigenvalue weighted by atomic mass is 9.68. The van der Waals surface area contributed by atoms with Crippen molar-refractivity contribution in [3.05, 3.63) is 0 Å². The van der Waals surface area contributed by atoms with Crippen LogP contribution < -0.4 is 0 Å². The molecule has 80 valence electrons. The molecule has 3 heteroatoms. The van der Waals surface area contributed by atoms with Gasteiger partial charge in [0.05, 0.1) is 0 Å². The predicted molar refractivity (Wildman–Crippen MR) is 52.3 cm³/mol. The van der Waals surface area contributed by atoms with E-state index in [0.29, 0.717) is 6.42 Å². The van der Waals surface area contributed by atoms with Gasteiger partial charge in [0.2, 0.25) is 0 Å². The Morgan fingerprint density at radius 2 is 2.07 bits per heavy atom. The van der Waals surface area contributed by atoms with Crippen LogP contribution in [0.1, 0.15) is 40.0 Å². The molecule has 2 nitrogen and oxygen atoms in total. The molecule has 1 saturated carbocycles. The number of nitriles is 1. The van der Waals surface area contributed by atoms with Crippen molar-refractivity contribution in [2.75, 3.05) is 0 Å². The van der Waals surface area contributed by atoms with Gasteiger partial charge in [0.1, 0.15) is 12.2 Å². The molecule has 1 aliphatic carbocycles. The monoisotopic (exact) mass is 199 g/mol. The third kappa shape index (κ3) is 2.06. The first-order valence-electron chi connectivity index (χ1n) is 5.07. The van der Waals surface area contributed by atoms with E-state index in [1.807, 2.05) is 0 Å². The lowest BCUT2D eigenvalue weighted by Gasteiger charge is -2.40. The van der Waals surface area contributed by atoms with Gasteiger partial charge in [-0.15, -0.1) is 0 Å². The molecule has 0 saturated heterocycles. The van der Waals surface area contributed by atoms with Crippen molar-refractivity contribution in [3.8, 4) is 6.07 Å². The van der Waals surface area contributed by atoms with Crippen LogP contribution in [0.5, 0.6) is 0 Å². The zero-order chi connectivity index (χ0) is 11.0. The highest BCUT2D eigenvalue weighted by molar-refractivity contribution is 5.09. The lowest BCUT2D eigenvalue weighted by molar-refractivity contribution is -0.0487. The van der Waals surface area contributed by atoms with Crippen LogP contribution in [0.4, 0.5) is 4.39 Å². The Bertz CT molecular complexity index is 253. The smallest absolute Gasteiger partial charge is 0.182 e. The van der Waals surface area contributed by atoms with Crippen molar-refractivity contribution in [1.29, 1.82) is 5.26 Å². The fourth-order valence-electron chi connectivity index (χ4n) is 2.03. The van der Waals surface area contributed by atoms with Crippen LogP contribution in [0.2, 0.25) is 0 Å². The van der Waals surface area contributed by atoms with Crippen LogP contribution in [0, 0.1) is 22.7 Å². The average molecular weight is 199 g/mol. The van der Waals surface area contributed by atoms with E-state index in [-0.39, 0.29) is 17.8 Å². The largest absolute Gasteiger partial charge is 0.373 e. The molecule has 0 amide bonds. The van der Waals surface area contributed by atoms with Crippen LogP contribution in [0.3, 0.4) is 0 Å². The van der Waals surface area contributed by atoms with Gasteiger partial charge < -0.3 is 5.11 Å². The summed E-state index contributed by atoms with van der Waals surface area (Å²) in [5.74, 6) is 0.256. The quantitative estimate of drug-likeness (QED) is 0.609. The highest BCUT2D eigenvalue weighted by Crippen LogP contribution is 2.42. The van der Waals surface area contributed by atoms with Gasteiger partial charge in [-0.3, -0.25) is 0 Å². The zero-order valence-corrected chi connectivity index (χ0v) is 9.05. The van der Waals surface area contributed by atoms with E-state index in [1.165, 1.54) is 0 Å². The van der Waals surface area contributed by atoms with Crippen molar-refractivity contribution in [2.45, 2.75) is 51.8 Å². The minimum Gasteiger partial charge on any atom is -0.373 e. The van der Waals surface area contributed by atoms with Gasteiger partial charge in [0.15, 0.2) is 5.60 Å². The molecular formula is C11H18FNO. The lowest BCUT2D eigenvalue weighted by Crippen LogP contribution is -2.45. The molecule has 0 heterocycles. The Hall–Kier alpha value is -0.620. The molecule has 14 heavy (non-hydrogen) atoms. The molecule has 1 fully saturated rings. The Labute approximate surface area is 84.7 Å². The number of alkyl halides is 1. The van der Waals surface area contributed by atoms with E-state index in [0.717, 1.165) is 6.42 Å². The second-order valence-corrected chi connectivity index (χ2v) is 5.34. The van der Waals surface area contributed by atoms with Gasteiger partial charge in [-0.2, -0.15) is 5.26 Å². The summed E-state index contributed by atoms with van der Waals surface area (Å²) in [4.78, 5) is 0. The number of nitrogens with zero attached hydrogens (tertiary/aromatic N) is 1. The topological polar surface area (TPSA) is 44.0 Å². The minimum absolute atomic E-state index is 0.0567. The van der Waals surface area contributed by atoms with Gasteiger partial charge in [0, 0.05) is 0 Å². The van der Waals surface area contributed by atoms with E-state index in [1.54, 1.807) is 6.07 Å². The second-order valence-electron chi connectivity index (χ2n) is 5.34. The fourth-order valence-corrected chi connectivity index (χ4v) is 2.03. The fraction of sp³-hybridized carbons (Fsp3) is 0.909. The Morgan fingerprint density at radius 3 is 2.43 bits per heavy atom. The maximum Gasteiger partial charge on any atom is 0.182 e. The summed E-state index contributed by atoms with van der Waals surface area (Å²) in [5.41, 5.74) is -1.68. The molecule has 0 aromatic carbocycles. The first kappa shape index (κ1) is 11.5. The molecule has 0 aliphatic heterocycles. The summed E-state index contributed by atoms with van der Waals surface area (Å²) >= 11 is 0. The summed E-state index contributed by atoms with van der Waals surface area (Å²) in [6.07, 6.45) is -0.112. The normalized spacial score (nSPS) is 39.1. The van der Waals surface area contributed by atoms with Crippen LogP contribution in [-0.4, -0.2) is 16.9 Å². The van der Waals surface area contributed by atoms with E-state index in [9.17, 15) is 9.50 Å². The molecule has 3 atom stereocenters. The third-order valence-corrected chi connectivity index (χ3v) is 3.30. The van der Waals surface area contributed by atoms with Crippen LogP contribution >= 0.6 is 0 Å². The summed E-state index contributed by atoms with van der Waals surface area (Å²) in [6, 6.07) is 1.68. The molecule has 1 aliphatic rings. The van der Waals surface area contributed by atoms with E-state index in [4.69, 9.17) is 5.26 Å². The predicted octanol–water partition coefficient (Wildman–Crippen LogP) is 2.43. The number of hydrogen-bond acceptors (Lipinski definition) is 2. The Balaban J connectivity index is 2.70. The molecule has 0 radical (unpaired) electrons. The first-order chi connectivity index (χ1) is 6.29. The average Bonchev–Trinajstić information content (AvgIpc) is 2.08. The molecule has 0 bridgehead atoms. The van der Waals surface area contributed by atoms with Crippen molar-refractivity contribution < 1.29 is 9.50 Å². The highest BCUT2D eigenvalue weighted by atomic mass is 19.1. The van der Waals surface area contributed by atoms with Gasteiger partial charge in [-0.25, -0.2) is 4.39 Å². The SMILES string of the molecule is CC(C)(C)[C@H]1CC[C@@](O)(C#N)[C@@H](F)C1. The van der Waals surface area contributed by atoms with Crippen LogP contribution in [0.25, 0.3) is 0 Å². The summed E-state index contributed by atoms with van der Waals surface area (Å²) in [5, 5.41) is 18.3. The standard InChI is InChI=1S/C11H18FNO/c1-10(2,3)8-4-5-11(14,7-13)9(12)6-8/h8-9,14H,4-6H2,1-3H3/t8-,9-,11+/m0/s1. The molecule has 0 aromatic heterocycles. The molecule has 1 N–H and O–H groups in total. The zero-order valence-electron chi connectivity index (χ0n) is 9.05. The molecule has 0 aromatic rings. The van der Waals surface area contributed by atoms with E-state index < -0.39 is 11.8 Å². The van der Waals surface area contributed by atoms with Crippen molar-refractivity contribution in [1.82, 2.24) is 0 Å². The van der Waals surface area contributed by atoms with Gasteiger partial charge >= 0.3 is 0 Å². The summed E-state index contributed by atoms with van der Waals surface area (Å²) < 4.78 is 13.5. The molecule has 0 spiro atoms. The minimum atomic E-state index is -1.73. The van der Waals surface area contributed by atoms with Crippen molar-refractivity contribution >= 4 is 0 Å². The second kappa shape index (κ2) is 3.51. The number of rotatable bonds is 0. The van der Waals surface area contributed by atoms with Crippen LogP contribution in [-0.2, 0) is 0 Å². The van der Waals surface area contributed by atoms with E-state index >= 15 is 0 Å². The van der Waals surface area contributed by atoms with Gasteiger partial charge in [-0.05, 0) is 30.6 Å². The summed E-state index contributed by atoms with van der Waals surface area (Å²) in [6.45, 7) is 6.21. The first-order valence-corrected chi connectivity index (χ1v) is 5.07. The molecular weight excluding hydrogens is 181 g/mol. The van der Waals surface area contributed by atoms with Crippen LogP contribution in [0.15, 0.2) is 0 Å². The Morgan fingerprint density at radius 1 is 1.50 bits per heavy atom. The van der Waals surface area contributed by atoms with Crippen molar-refractivity contribution in [3.63, 3.8) is 0 Å². The maximum atomic E-state index is 13.5. The number of aliphatic hydroxyl groups is 1. The maximum absolute atomic E-state index is 13.5. The van der Waals surface area contributed by atoms with Gasteiger partial charge in [-0.1, -0.05) is 20.8 Å². The number of hydrogen-bond donors (Lipinski definition) is 1. The Kier molecular flexibility index (Phi) is 2.87. The summed E-state index contributed by atoms with van der Waals surface area (Å²) in [7, 11) is 0. The number of halogens is 1.